The molecule has 0 spiro atoms. The summed E-state index contributed by atoms with van der Waals surface area (Å²) in [5.74, 6) is -1.82. The van der Waals surface area contributed by atoms with Gasteiger partial charge in [0.05, 0.1) is 6.54 Å². The molecule has 1 aromatic rings. The second-order valence-corrected chi connectivity index (χ2v) is 6.26. The number of carboxylic acid groups (broad SMARTS) is 1. The quantitative estimate of drug-likeness (QED) is 0.632. The molecule has 1 aliphatic rings. The van der Waals surface area contributed by atoms with E-state index in [2.05, 4.69) is 15.5 Å². The van der Waals surface area contributed by atoms with Gasteiger partial charge in [-0.3, -0.25) is 19.3 Å². The highest BCUT2D eigenvalue weighted by molar-refractivity contribution is 5.90. The fourth-order valence-electron chi connectivity index (χ4n) is 2.91. The molecule has 1 aromatic carbocycles. The van der Waals surface area contributed by atoms with Crippen LogP contribution in [0.25, 0.3) is 0 Å². The van der Waals surface area contributed by atoms with E-state index in [4.69, 9.17) is 5.11 Å². The number of hydrogen-bond acceptors (Lipinski definition) is 4. The Kier molecular flexibility index (Phi) is 7.40. The second-order valence-electron chi connectivity index (χ2n) is 6.26. The maximum atomic E-state index is 12.3. The second kappa shape index (κ2) is 9.78. The van der Waals surface area contributed by atoms with Crippen LogP contribution in [0.1, 0.15) is 24.8 Å². The Morgan fingerprint density at radius 3 is 2.40 bits per heavy atom. The normalized spacial score (nSPS) is 16.0. The number of piperidine rings is 1. The van der Waals surface area contributed by atoms with Crippen LogP contribution in [0.5, 0.6) is 0 Å². The zero-order valence-electron chi connectivity index (χ0n) is 14.2. The molecule has 1 heterocycles. The van der Waals surface area contributed by atoms with E-state index in [0.29, 0.717) is 6.42 Å². The lowest BCUT2D eigenvalue weighted by Gasteiger charge is -2.26. The summed E-state index contributed by atoms with van der Waals surface area (Å²) in [6.45, 7) is 1.58. The average molecular weight is 347 g/mol. The summed E-state index contributed by atoms with van der Waals surface area (Å²) in [4.78, 5) is 37.3. The Morgan fingerprint density at radius 2 is 1.76 bits per heavy atom. The number of benzene rings is 1. The number of carboxylic acids is 1. The lowest BCUT2D eigenvalue weighted by atomic mass is 10.1. The topological polar surface area (TPSA) is 98.7 Å². The SMILES string of the molecule is O=C(O)CNC(=O)[C@H](Cc1ccccc1)NC(=O)CN1CCCCC1. The molecular weight excluding hydrogens is 322 g/mol. The third-order valence-corrected chi connectivity index (χ3v) is 4.16. The zero-order chi connectivity index (χ0) is 18.1. The van der Waals surface area contributed by atoms with Gasteiger partial charge < -0.3 is 15.7 Å². The van der Waals surface area contributed by atoms with Crippen LogP contribution >= 0.6 is 0 Å². The van der Waals surface area contributed by atoms with Crippen LogP contribution in [0.2, 0.25) is 0 Å². The van der Waals surface area contributed by atoms with Crippen molar-refractivity contribution >= 4 is 17.8 Å². The number of rotatable bonds is 8. The van der Waals surface area contributed by atoms with Crippen LogP contribution in [0.3, 0.4) is 0 Å². The summed E-state index contributed by atoms with van der Waals surface area (Å²) in [5, 5.41) is 13.8. The van der Waals surface area contributed by atoms with Gasteiger partial charge in [0.2, 0.25) is 11.8 Å². The van der Waals surface area contributed by atoms with Crippen LogP contribution in [-0.2, 0) is 20.8 Å². The Balaban J connectivity index is 1.95. The summed E-state index contributed by atoms with van der Waals surface area (Å²) in [6.07, 6.45) is 3.67. The number of carbonyl (C=O) groups is 3. The first-order valence-electron chi connectivity index (χ1n) is 8.60. The van der Waals surface area contributed by atoms with Crippen molar-refractivity contribution in [2.75, 3.05) is 26.2 Å². The van der Waals surface area contributed by atoms with Crippen molar-refractivity contribution in [1.29, 1.82) is 0 Å². The van der Waals surface area contributed by atoms with Gasteiger partial charge in [0.1, 0.15) is 12.6 Å². The summed E-state index contributed by atoms with van der Waals surface area (Å²) in [7, 11) is 0. The Labute approximate surface area is 147 Å². The van der Waals surface area contributed by atoms with Crippen molar-refractivity contribution in [1.82, 2.24) is 15.5 Å². The molecule has 7 heteroatoms. The Bertz CT molecular complexity index is 585. The lowest BCUT2D eigenvalue weighted by Crippen LogP contribution is -2.51. The van der Waals surface area contributed by atoms with Crippen molar-refractivity contribution in [2.24, 2.45) is 0 Å². The molecule has 1 atom stereocenters. The fourth-order valence-corrected chi connectivity index (χ4v) is 2.91. The standard InChI is InChI=1S/C18H25N3O4/c22-16(13-21-9-5-2-6-10-21)20-15(18(25)19-12-17(23)24)11-14-7-3-1-4-8-14/h1,3-4,7-8,15H,2,5-6,9-13H2,(H,19,25)(H,20,22)(H,23,24)/t15-/m0/s1. The predicted octanol–water partition coefficient (Wildman–Crippen LogP) is 0.401. The molecule has 1 aliphatic heterocycles. The van der Waals surface area contributed by atoms with Crippen LogP contribution < -0.4 is 10.6 Å². The van der Waals surface area contributed by atoms with Crippen molar-refractivity contribution in [2.45, 2.75) is 31.7 Å². The first kappa shape index (κ1) is 18.9. The van der Waals surface area contributed by atoms with Gasteiger partial charge in [0.15, 0.2) is 0 Å². The number of amides is 2. The maximum absolute atomic E-state index is 12.3. The van der Waals surface area contributed by atoms with Crippen LogP contribution in [0.15, 0.2) is 30.3 Å². The number of nitrogens with zero attached hydrogens (tertiary/aromatic N) is 1. The molecule has 136 valence electrons. The molecule has 2 rings (SSSR count). The first-order valence-corrected chi connectivity index (χ1v) is 8.60. The van der Waals surface area contributed by atoms with Gasteiger partial charge in [0.25, 0.3) is 0 Å². The molecule has 0 saturated carbocycles. The van der Waals surface area contributed by atoms with E-state index < -0.39 is 24.5 Å². The van der Waals surface area contributed by atoms with Crippen LogP contribution in [0.4, 0.5) is 0 Å². The number of hydrogen-bond donors (Lipinski definition) is 3. The molecule has 0 bridgehead atoms. The van der Waals surface area contributed by atoms with Crippen molar-refractivity contribution in [3.63, 3.8) is 0 Å². The Hall–Kier alpha value is -2.41. The molecule has 0 unspecified atom stereocenters. The fraction of sp³-hybridized carbons (Fsp3) is 0.500. The van der Waals surface area contributed by atoms with E-state index in [9.17, 15) is 14.4 Å². The average Bonchev–Trinajstić information content (AvgIpc) is 2.60. The minimum atomic E-state index is -1.12. The van der Waals surface area contributed by atoms with E-state index in [1.165, 1.54) is 6.42 Å². The molecule has 25 heavy (non-hydrogen) atoms. The molecule has 2 amide bonds. The Morgan fingerprint density at radius 1 is 1.08 bits per heavy atom. The molecule has 7 nitrogen and oxygen atoms in total. The van der Waals surface area contributed by atoms with E-state index in [1.807, 2.05) is 30.3 Å². The number of aliphatic carboxylic acids is 1. The zero-order valence-corrected chi connectivity index (χ0v) is 14.2. The smallest absolute Gasteiger partial charge is 0.322 e. The summed E-state index contributed by atoms with van der Waals surface area (Å²) in [5.41, 5.74) is 0.899. The number of carbonyl (C=O) groups excluding carboxylic acids is 2. The van der Waals surface area contributed by atoms with Gasteiger partial charge in [-0.15, -0.1) is 0 Å². The van der Waals surface area contributed by atoms with E-state index in [1.54, 1.807) is 0 Å². The number of likely N-dealkylation sites (tertiary alicyclic amines) is 1. The van der Waals surface area contributed by atoms with E-state index in [-0.39, 0.29) is 12.5 Å². The third kappa shape index (κ3) is 6.93. The maximum Gasteiger partial charge on any atom is 0.322 e. The molecule has 0 aliphatic carbocycles. The molecule has 1 fully saturated rings. The molecule has 0 radical (unpaired) electrons. The molecular formula is C18H25N3O4. The van der Waals surface area contributed by atoms with Crippen molar-refractivity contribution in [3.8, 4) is 0 Å². The predicted molar refractivity (Wildman–Crippen MR) is 93.0 cm³/mol. The van der Waals surface area contributed by atoms with Crippen molar-refractivity contribution < 1.29 is 19.5 Å². The summed E-state index contributed by atoms with van der Waals surface area (Å²) >= 11 is 0. The van der Waals surface area contributed by atoms with Crippen LogP contribution in [-0.4, -0.2) is 60.0 Å². The van der Waals surface area contributed by atoms with Crippen LogP contribution in [0, 0.1) is 0 Å². The minimum absolute atomic E-state index is 0.215. The first-order chi connectivity index (χ1) is 12.0. The van der Waals surface area contributed by atoms with E-state index in [0.717, 1.165) is 31.5 Å². The van der Waals surface area contributed by atoms with Gasteiger partial charge in [-0.2, -0.15) is 0 Å². The highest BCUT2D eigenvalue weighted by Crippen LogP contribution is 2.08. The van der Waals surface area contributed by atoms with Gasteiger partial charge in [-0.05, 0) is 31.5 Å². The largest absolute Gasteiger partial charge is 0.480 e. The molecule has 1 saturated heterocycles. The van der Waals surface area contributed by atoms with Gasteiger partial charge in [0, 0.05) is 6.42 Å². The monoisotopic (exact) mass is 347 g/mol. The molecule has 3 N–H and O–H groups in total. The highest BCUT2D eigenvalue weighted by Gasteiger charge is 2.23. The summed E-state index contributed by atoms with van der Waals surface area (Å²) < 4.78 is 0. The van der Waals surface area contributed by atoms with E-state index >= 15 is 0 Å². The van der Waals surface area contributed by atoms with Gasteiger partial charge in [-0.1, -0.05) is 36.8 Å². The van der Waals surface area contributed by atoms with Gasteiger partial charge in [-0.25, -0.2) is 0 Å². The van der Waals surface area contributed by atoms with Gasteiger partial charge >= 0.3 is 5.97 Å². The van der Waals surface area contributed by atoms with Crippen molar-refractivity contribution in [3.05, 3.63) is 35.9 Å². The lowest BCUT2D eigenvalue weighted by molar-refractivity contribution is -0.138. The minimum Gasteiger partial charge on any atom is -0.480 e. The third-order valence-electron chi connectivity index (χ3n) is 4.16. The number of nitrogens with one attached hydrogen (secondary N) is 2. The molecule has 0 aromatic heterocycles. The summed E-state index contributed by atoms with van der Waals surface area (Å²) in [6, 6.07) is 8.54. The highest BCUT2D eigenvalue weighted by atomic mass is 16.4.